The average Bonchev–Trinajstić information content (AvgIpc) is 2.73. The summed E-state index contributed by atoms with van der Waals surface area (Å²) < 4.78 is 0.810. The maximum absolute atomic E-state index is 11.6. The Labute approximate surface area is 139 Å². The Bertz CT molecular complexity index is 746. The first-order chi connectivity index (χ1) is 10.0. The van der Waals surface area contributed by atoms with Crippen LogP contribution in [0.4, 0.5) is 5.69 Å². The van der Waals surface area contributed by atoms with Crippen LogP contribution in [0, 0.1) is 0 Å². The molecule has 0 radical (unpaired) electrons. The fourth-order valence-electron chi connectivity index (χ4n) is 2.00. The number of carbonyl (C=O) groups excluding carboxylic acids is 2. The van der Waals surface area contributed by atoms with Crippen molar-refractivity contribution in [2.24, 2.45) is 0 Å². The third kappa shape index (κ3) is 3.00. The minimum Gasteiger partial charge on any atom is -0.318 e. The molecular weight excluding hydrogens is 374 g/mol. The fourth-order valence-corrected chi connectivity index (χ4v) is 3.72. The van der Waals surface area contributed by atoms with Crippen LogP contribution in [0.25, 0.3) is 0 Å². The van der Waals surface area contributed by atoms with Gasteiger partial charge < -0.3 is 5.32 Å². The van der Waals surface area contributed by atoms with E-state index in [-0.39, 0.29) is 0 Å². The van der Waals surface area contributed by atoms with Gasteiger partial charge in [0.25, 0.3) is 11.7 Å². The lowest BCUT2D eigenvalue weighted by Gasteiger charge is -2.07. The Morgan fingerprint density at radius 2 is 1.86 bits per heavy atom. The summed E-state index contributed by atoms with van der Waals surface area (Å²) in [7, 11) is 0. The molecule has 0 unspecified atom stereocenters. The zero-order valence-corrected chi connectivity index (χ0v) is 13.8. The molecule has 2 aromatic rings. The molecule has 1 amide bonds. The number of benzene rings is 2. The molecule has 0 bridgehead atoms. The van der Waals surface area contributed by atoms with Gasteiger partial charge in [-0.1, -0.05) is 23.7 Å². The Morgan fingerprint density at radius 3 is 2.57 bits per heavy atom. The number of ketones is 1. The molecule has 2 aromatic carbocycles. The molecule has 21 heavy (non-hydrogen) atoms. The van der Waals surface area contributed by atoms with Crippen LogP contribution in [0.2, 0.25) is 5.02 Å². The standard InChI is InChI=1S/C15H9BrClNO2S/c16-11-5-10-12(18-15(20)14(10)19)6-13(11)21-7-8-1-3-9(17)4-2-8/h1-6H,7H2,(H,18,19,20). The van der Waals surface area contributed by atoms with Crippen LogP contribution in [0.15, 0.2) is 45.8 Å². The highest BCUT2D eigenvalue weighted by molar-refractivity contribution is 9.10. The topological polar surface area (TPSA) is 46.2 Å². The molecule has 0 aromatic heterocycles. The summed E-state index contributed by atoms with van der Waals surface area (Å²) in [6.45, 7) is 0. The predicted octanol–water partition coefficient (Wildman–Crippen LogP) is 4.53. The van der Waals surface area contributed by atoms with Crippen LogP contribution in [-0.2, 0) is 10.5 Å². The maximum atomic E-state index is 11.6. The van der Waals surface area contributed by atoms with E-state index in [1.807, 2.05) is 30.3 Å². The lowest BCUT2D eigenvalue weighted by molar-refractivity contribution is -0.112. The Hall–Kier alpha value is -1.30. The van der Waals surface area contributed by atoms with Crippen LogP contribution < -0.4 is 5.32 Å². The number of fused-ring (bicyclic) bond motifs is 1. The van der Waals surface area contributed by atoms with Crippen molar-refractivity contribution in [3.05, 3.63) is 57.0 Å². The molecule has 1 aliphatic heterocycles. The second-order valence-corrected chi connectivity index (χ2v) is 6.83. The number of hydrogen-bond donors (Lipinski definition) is 1. The molecule has 3 rings (SSSR count). The van der Waals surface area contributed by atoms with E-state index in [2.05, 4.69) is 21.2 Å². The minimum atomic E-state index is -0.572. The summed E-state index contributed by atoms with van der Waals surface area (Å²) in [5, 5.41) is 3.29. The van der Waals surface area contributed by atoms with E-state index in [9.17, 15) is 9.59 Å². The van der Waals surface area contributed by atoms with Crippen molar-refractivity contribution in [2.75, 3.05) is 5.32 Å². The Kier molecular flexibility index (Phi) is 4.06. The number of carbonyl (C=O) groups is 2. The molecule has 106 valence electrons. The van der Waals surface area contributed by atoms with Crippen LogP contribution >= 0.6 is 39.3 Å². The van der Waals surface area contributed by atoms with Crippen LogP contribution in [0.3, 0.4) is 0 Å². The highest BCUT2D eigenvalue weighted by Gasteiger charge is 2.28. The van der Waals surface area contributed by atoms with E-state index >= 15 is 0 Å². The SMILES string of the molecule is O=C1Nc2cc(SCc3ccc(Cl)cc3)c(Br)cc2C1=O. The third-order valence-electron chi connectivity index (χ3n) is 3.08. The third-order valence-corrected chi connectivity index (χ3v) is 5.38. The maximum Gasteiger partial charge on any atom is 0.296 e. The van der Waals surface area contributed by atoms with Gasteiger partial charge in [-0.2, -0.15) is 0 Å². The van der Waals surface area contributed by atoms with Gasteiger partial charge in [0.2, 0.25) is 0 Å². The molecule has 0 saturated carbocycles. The number of anilines is 1. The second kappa shape index (κ2) is 5.83. The zero-order chi connectivity index (χ0) is 15.0. The smallest absolute Gasteiger partial charge is 0.296 e. The van der Waals surface area contributed by atoms with Gasteiger partial charge in [0.15, 0.2) is 0 Å². The summed E-state index contributed by atoms with van der Waals surface area (Å²) in [6.07, 6.45) is 0. The van der Waals surface area contributed by atoms with E-state index in [1.54, 1.807) is 17.8 Å². The van der Waals surface area contributed by atoms with Gasteiger partial charge in [0.05, 0.1) is 11.3 Å². The molecule has 1 heterocycles. The average molecular weight is 383 g/mol. The van der Waals surface area contributed by atoms with Gasteiger partial charge in [-0.05, 0) is 45.8 Å². The molecule has 1 aliphatic rings. The highest BCUT2D eigenvalue weighted by atomic mass is 79.9. The number of nitrogens with one attached hydrogen (secondary N) is 1. The molecular formula is C15H9BrClNO2S. The van der Waals surface area contributed by atoms with E-state index in [0.29, 0.717) is 16.3 Å². The monoisotopic (exact) mass is 381 g/mol. The van der Waals surface area contributed by atoms with Crippen LogP contribution in [0.1, 0.15) is 15.9 Å². The summed E-state index contributed by atoms with van der Waals surface area (Å²) in [5.74, 6) is -0.284. The van der Waals surface area contributed by atoms with Gasteiger partial charge in [-0.25, -0.2) is 0 Å². The van der Waals surface area contributed by atoms with Crippen molar-refractivity contribution in [3.8, 4) is 0 Å². The van der Waals surface area contributed by atoms with E-state index in [0.717, 1.165) is 20.7 Å². The molecule has 0 aliphatic carbocycles. The fraction of sp³-hybridized carbons (Fsp3) is 0.0667. The zero-order valence-electron chi connectivity index (χ0n) is 10.7. The van der Waals surface area contributed by atoms with Crippen molar-refractivity contribution in [1.29, 1.82) is 0 Å². The van der Waals surface area contributed by atoms with Crippen LogP contribution in [-0.4, -0.2) is 11.7 Å². The van der Waals surface area contributed by atoms with E-state index in [1.165, 1.54) is 0 Å². The quantitative estimate of drug-likeness (QED) is 0.626. The van der Waals surface area contributed by atoms with Gasteiger partial charge in [0.1, 0.15) is 0 Å². The molecule has 0 fully saturated rings. The number of halogens is 2. The first-order valence-corrected chi connectivity index (χ1v) is 8.27. The van der Waals surface area contributed by atoms with Crippen molar-refractivity contribution in [1.82, 2.24) is 0 Å². The van der Waals surface area contributed by atoms with Crippen molar-refractivity contribution >= 4 is 56.7 Å². The summed E-state index contributed by atoms with van der Waals surface area (Å²) >= 11 is 10.9. The minimum absolute atomic E-state index is 0.419. The molecule has 0 saturated heterocycles. The van der Waals surface area contributed by atoms with E-state index < -0.39 is 11.7 Å². The van der Waals surface area contributed by atoms with Crippen molar-refractivity contribution in [3.63, 3.8) is 0 Å². The van der Waals surface area contributed by atoms with Gasteiger partial charge in [-0.15, -0.1) is 11.8 Å². The lowest BCUT2D eigenvalue weighted by Crippen LogP contribution is -2.12. The van der Waals surface area contributed by atoms with Gasteiger partial charge in [-0.3, -0.25) is 9.59 Å². The van der Waals surface area contributed by atoms with Gasteiger partial charge in [0, 0.05) is 20.1 Å². The van der Waals surface area contributed by atoms with Crippen molar-refractivity contribution in [2.45, 2.75) is 10.6 Å². The Balaban J connectivity index is 1.81. The normalized spacial score (nSPS) is 13.2. The van der Waals surface area contributed by atoms with Crippen molar-refractivity contribution < 1.29 is 9.59 Å². The summed E-state index contributed by atoms with van der Waals surface area (Å²) in [5.41, 5.74) is 2.14. The molecule has 6 heteroatoms. The first-order valence-electron chi connectivity index (χ1n) is 6.11. The van der Waals surface area contributed by atoms with E-state index in [4.69, 9.17) is 11.6 Å². The lowest BCUT2D eigenvalue weighted by atomic mass is 10.1. The largest absolute Gasteiger partial charge is 0.318 e. The Morgan fingerprint density at radius 1 is 1.14 bits per heavy atom. The predicted molar refractivity (Wildman–Crippen MR) is 88.1 cm³/mol. The molecule has 1 N–H and O–H groups in total. The summed E-state index contributed by atoms with van der Waals surface area (Å²) in [6, 6.07) is 11.2. The molecule has 3 nitrogen and oxygen atoms in total. The summed E-state index contributed by atoms with van der Waals surface area (Å²) in [4.78, 5) is 24.0. The second-order valence-electron chi connectivity index (χ2n) is 4.53. The molecule has 0 atom stereocenters. The molecule has 0 spiro atoms. The number of rotatable bonds is 3. The highest BCUT2D eigenvalue weighted by Crippen LogP contribution is 2.36. The number of amides is 1. The number of thioether (sulfide) groups is 1. The number of Topliss-reactive ketones (excluding diaryl/α,β-unsaturated/α-hetero) is 1. The van der Waals surface area contributed by atoms with Crippen LogP contribution in [0.5, 0.6) is 0 Å². The number of hydrogen-bond acceptors (Lipinski definition) is 3. The first kappa shape index (κ1) is 14.6. The van der Waals surface area contributed by atoms with Gasteiger partial charge >= 0.3 is 0 Å².